The summed E-state index contributed by atoms with van der Waals surface area (Å²) in [5.41, 5.74) is 0.838. The van der Waals surface area contributed by atoms with E-state index in [1.807, 2.05) is 0 Å². The van der Waals surface area contributed by atoms with Crippen molar-refractivity contribution in [2.24, 2.45) is 0 Å². The van der Waals surface area contributed by atoms with Crippen molar-refractivity contribution in [1.29, 1.82) is 0 Å². The number of hydrogen-bond donors (Lipinski definition) is 1. The molecule has 1 aliphatic rings. The number of rotatable bonds is 5. The van der Waals surface area contributed by atoms with Crippen molar-refractivity contribution in [1.82, 2.24) is 9.97 Å². The second-order valence-corrected chi connectivity index (χ2v) is 6.38. The van der Waals surface area contributed by atoms with Gasteiger partial charge in [-0.05, 0) is 48.8 Å². The van der Waals surface area contributed by atoms with Crippen molar-refractivity contribution in [2.75, 3.05) is 19.0 Å². The van der Waals surface area contributed by atoms with E-state index >= 15 is 0 Å². The Bertz CT molecular complexity index is 459. The third-order valence-corrected chi connectivity index (χ3v) is 5.19. The standard InChI is InChI=1S/C15H24IN3O/c1-4-11-12(16)13(17-5-2)19-14(18-11)15(20-3)9-7-6-8-10-15/h4-10H2,1-3H3,(H,17,18,19). The molecule has 1 N–H and O–H groups in total. The maximum Gasteiger partial charge on any atom is 0.162 e. The topological polar surface area (TPSA) is 47.0 Å². The van der Waals surface area contributed by atoms with Gasteiger partial charge in [-0.1, -0.05) is 26.2 Å². The molecule has 20 heavy (non-hydrogen) atoms. The van der Waals surface area contributed by atoms with E-state index in [0.29, 0.717) is 0 Å². The molecule has 0 radical (unpaired) electrons. The van der Waals surface area contributed by atoms with Crippen LogP contribution in [0.4, 0.5) is 5.82 Å². The summed E-state index contributed by atoms with van der Waals surface area (Å²) in [7, 11) is 1.80. The lowest BCUT2D eigenvalue weighted by molar-refractivity contribution is -0.0515. The summed E-state index contributed by atoms with van der Waals surface area (Å²) in [4.78, 5) is 9.60. The molecular formula is C15H24IN3O. The molecule has 0 spiro atoms. The number of nitrogens with one attached hydrogen (secondary N) is 1. The highest BCUT2D eigenvalue weighted by molar-refractivity contribution is 14.1. The molecule has 1 fully saturated rings. The molecule has 0 amide bonds. The van der Waals surface area contributed by atoms with Gasteiger partial charge in [0.2, 0.25) is 0 Å². The smallest absolute Gasteiger partial charge is 0.162 e. The third-order valence-electron chi connectivity index (χ3n) is 4.06. The molecule has 0 saturated heterocycles. The number of hydrogen-bond acceptors (Lipinski definition) is 4. The first-order valence-electron chi connectivity index (χ1n) is 7.52. The zero-order chi connectivity index (χ0) is 14.6. The van der Waals surface area contributed by atoms with Crippen LogP contribution in [0.1, 0.15) is 57.5 Å². The molecule has 1 heterocycles. The van der Waals surface area contributed by atoms with Gasteiger partial charge in [-0.2, -0.15) is 0 Å². The fourth-order valence-electron chi connectivity index (χ4n) is 2.86. The van der Waals surface area contributed by atoms with Crippen LogP contribution in [0.3, 0.4) is 0 Å². The zero-order valence-electron chi connectivity index (χ0n) is 12.6. The minimum Gasteiger partial charge on any atom is -0.370 e. The zero-order valence-corrected chi connectivity index (χ0v) is 14.8. The van der Waals surface area contributed by atoms with E-state index in [1.165, 1.54) is 19.3 Å². The number of methoxy groups -OCH3 is 1. The van der Waals surface area contributed by atoms with Crippen molar-refractivity contribution in [3.8, 4) is 0 Å². The third kappa shape index (κ3) is 3.08. The van der Waals surface area contributed by atoms with Crippen molar-refractivity contribution < 1.29 is 4.74 Å². The molecule has 1 aromatic heterocycles. The Labute approximate surface area is 135 Å². The van der Waals surface area contributed by atoms with Gasteiger partial charge in [-0.3, -0.25) is 0 Å². The lowest BCUT2D eigenvalue weighted by Crippen LogP contribution is -2.34. The van der Waals surface area contributed by atoms with Gasteiger partial charge in [-0.25, -0.2) is 9.97 Å². The summed E-state index contributed by atoms with van der Waals surface area (Å²) < 4.78 is 7.02. The summed E-state index contributed by atoms with van der Waals surface area (Å²) >= 11 is 2.34. The summed E-state index contributed by atoms with van der Waals surface area (Å²) in [5, 5.41) is 3.36. The van der Waals surface area contributed by atoms with Crippen molar-refractivity contribution >= 4 is 28.4 Å². The largest absolute Gasteiger partial charge is 0.370 e. The summed E-state index contributed by atoms with van der Waals surface area (Å²) in [6.45, 7) is 5.11. The molecular weight excluding hydrogens is 365 g/mol. The molecule has 2 rings (SSSR count). The van der Waals surface area contributed by atoms with Gasteiger partial charge in [0.25, 0.3) is 0 Å². The maximum atomic E-state index is 5.88. The summed E-state index contributed by atoms with van der Waals surface area (Å²) in [5.74, 6) is 1.82. The Morgan fingerprint density at radius 2 is 1.90 bits per heavy atom. The Morgan fingerprint density at radius 1 is 1.20 bits per heavy atom. The highest BCUT2D eigenvalue weighted by atomic mass is 127. The second kappa shape index (κ2) is 7.02. The summed E-state index contributed by atoms with van der Waals surface area (Å²) in [6.07, 6.45) is 6.65. The maximum absolute atomic E-state index is 5.88. The van der Waals surface area contributed by atoms with E-state index in [9.17, 15) is 0 Å². The van der Waals surface area contributed by atoms with Gasteiger partial charge in [0.15, 0.2) is 5.82 Å². The lowest BCUT2D eigenvalue weighted by Gasteiger charge is -2.35. The van der Waals surface area contributed by atoms with Crippen LogP contribution in [0.2, 0.25) is 0 Å². The van der Waals surface area contributed by atoms with Crippen LogP contribution in [0.5, 0.6) is 0 Å². The van der Waals surface area contributed by atoms with E-state index in [-0.39, 0.29) is 5.60 Å². The molecule has 0 bridgehead atoms. The van der Waals surface area contributed by atoms with Gasteiger partial charge in [0.1, 0.15) is 11.4 Å². The van der Waals surface area contributed by atoms with E-state index in [1.54, 1.807) is 7.11 Å². The SMILES string of the molecule is CCNc1nc(C2(OC)CCCCC2)nc(CC)c1I. The first kappa shape index (κ1) is 15.9. The quantitative estimate of drug-likeness (QED) is 0.777. The second-order valence-electron chi connectivity index (χ2n) is 5.30. The monoisotopic (exact) mass is 389 g/mol. The fraction of sp³-hybridized carbons (Fsp3) is 0.733. The molecule has 0 atom stereocenters. The van der Waals surface area contributed by atoms with Crippen LogP contribution in [0.25, 0.3) is 0 Å². The number of aromatic nitrogens is 2. The van der Waals surface area contributed by atoms with Crippen LogP contribution in [-0.4, -0.2) is 23.6 Å². The number of halogens is 1. The van der Waals surface area contributed by atoms with Crippen LogP contribution >= 0.6 is 22.6 Å². The van der Waals surface area contributed by atoms with Crippen molar-refractivity contribution in [2.45, 2.75) is 58.0 Å². The van der Waals surface area contributed by atoms with Crippen LogP contribution in [-0.2, 0) is 16.8 Å². The Hall–Kier alpha value is -0.430. The van der Waals surface area contributed by atoms with Crippen LogP contribution in [0.15, 0.2) is 0 Å². The highest BCUT2D eigenvalue weighted by Gasteiger charge is 2.37. The minimum atomic E-state index is -0.281. The number of aryl methyl sites for hydroxylation is 1. The number of ether oxygens (including phenoxy) is 1. The molecule has 4 nitrogen and oxygen atoms in total. The summed E-state index contributed by atoms with van der Waals surface area (Å²) in [6, 6.07) is 0. The van der Waals surface area contributed by atoms with E-state index in [0.717, 1.165) is 46.7 Å². The van der Waals surface area contributed by atoms with Gasteiger partial charge < -0.3 is 10.1 Å². The fourth-order valence-corrected chi connectivity index (χ4v) is 3.67. The average Bonchev–Trinajstić information content (AvgIpc) is 2.50. The molecule has 0 aliphatic heterocycles. The van der Waals surface area contributed by atoms with Gasteiger partial charge in [-0.15, -0.1) is 0 Å². The van der Waals surface area contributed by atoms with E-state index in [4.69, 9.17) is 14.7 Å². The highest BCUT2D eigenvalue weighted by Crippen LogP contribution is 2.39. The Balaban J connectivity index is 2.46. The minimum absolute atomic E-state index is 0.281. The number of nitrogens with zero attached hydrogens (tertiary/aromatic N) is 2. The predicted molar refractivity (Wildman–Crippen MR) is 90.1 cm³/mol. The average molecular weight is 389 g/mol. The molecule has 5 heteroatoms. The first-order chi connectivity index (χ1) is 9.66. The lowest BCUT2D eigenvalue weighted by atomic mass is 9.84. The van der Waals surface area contributed by atoms with Gasteiger partial charge in [0, 0.05) is 13.7 Å². The molecule has 1 saturated carbocycles. The Kier molecular flexibility index (Phi) is 5.60. The number of anilines is 1. The Morgan fingerprint density at radius 3 is 2.45 bits per heavy atom. The van der Waals surface area contributed by atoms with Crippen LogP contribution < -0.4 is 5.32 Å². The molecule has 0 unspecified atom stereocenters. The molecule has 1 aliphatic carbocycles. The van der Waals surface area contributed by atoms with Crippen molar-refractivity contribution in [3.05, 3.63) is 15.1 Å². The van der Waals surface area contributed by atoms with E-state index in [2.05, 4.69) is 41.8 Å². The van der Waals surface area contributed by atoms with Crippen LogP contribution in [0, 0.1) is 3.57 Å². The normalized spacial score (nSPS) is 18.0. The predicted octanol–water partition coefficient (Wildman–Crippen LogP) is 3.88. The van der Waals surface area contributed by atoms with Gasteiger partial charge in [0.05, 0.1) is 9.26 Å². The first-order valence-corrected chi connectivity index (χ1v) is 8.60. The van der Waals surface area contributed by atoms with E-state index < -0.39 is 0 Å². The molecule has 1 aromatic rings. The molecule has 112 valence electrons. The van der Waals surface area contributed by atoms with Crippen molar-refractivity contribution in [3.63, 3.8) is 0 Å². The molecule has 0 aromatic carbocycles. The van der Waals surface area contributed by atoms with Gasteiger partial charge >= 0.3 is 0 Å².